The zero-order valence-electron chi connectivity index (χ0n) is 38.7. The lowest BCUT2D eigenvalue weighted by atomic mass is 9.90. The fourth-order valence-corrected chi connectivity index (χ4v) is 7.45. The largest absolute Gasteiger partial charge is 0.472 e. The predicted octanol–water partition coefficient (Wildman–Crippen LogP) is 8.70. The molecule has 1 fully saturated rings. The smallest absolute Gasteiger partial charge is 0.462 e. The van der Waals surface area contributed by atoms with Gasteiger partial charge in [-0.3, -0.25) is 28.0 Å². The molecule has 1 rings (SSSR count). The van der Waals surface area contributed by atoms with Crippen LogP contribution < -0.4 is 0 Å². The Balaban J connectivity index is 2.61. The Hall–Kier alpha value is -3.37. The van der Waals surface area contributed by atoms with Gasteiger partial charge in [0.1, 0.15) is 18.5 Å². The molecule has 0 bridgehead atoms. The number of carbonyl (C=O) groups excluding carboxylic acids is 3. The van der Waals surface area contributed by atoms with Crippen LogP contribution in [0.4, 0.5) is 0 Å². The Kier molecular flexibility index (Phi) is 34.5. The number of ketones is 1. The molecular weight excluding hydrogens is 894 g/mol. The maximum absolute atomic E-state index is 12.7. The number of phosphoric ester groups is 2. The van der Waals surface area contributed by atoms with E-state index in [0.29, 0.717) is 38.5 Å². The molecule has 1 aliphatic carbocycles. The van der Waals surface area contributed by atoms with Crippen LogP contribution in [0.1, 0.15) is 123 Å². The Morgan fingerprint density at radius 1 is 0.682 bits per heavy atom. The molecule has 66 heavy (non-hydrogen) atoms. The van der Waals surface area contributed by atoms with Crippen LogP contribution in [0, 0.1) is 11.8 Å². The second-order valence-corrected chi connectivity index (χ2v) is 18.4. The van der Waals surface area contributed by atoms with E-state index in [1.54, 1.807) is 12.2 Å². The molecule has 0 aromatic carbocycles. The highest BCUT2D eigenvalue weighted by Crippen LogP contribution is 2.44. The van der Waals surface area contributed by atoms with Gasteiger partial charge in [0, 0.05) is 31.1 Å². The Morgan fingerprint density at radius 3 is 1.83 bits per heavy atom. The van der Waals surface area contributed by atoms with Gasteiger partial charge in [0.15, 0.2) is 6.10 Å². The monoisotopic (exact) mass is 970 g/mol. The Labute approximate surface area is 391 Å². The number of unbranched alkanes of at least 4 members (excludes halogenated alkanes) is 3. The minimum atomic E-state index is -4.91. The van der Waals surface area contributed by atoms with Crippen LogP contribution in [0.25, 0.3) is 0 Å². The lowest BCUT2D eigenvalue weighted by molar-refractivity contribution is -0.161. The summed E-state index contributed by atoms with van der Waals surface area (Å²) in [6.45, 7) is 1.14. The van der Waals surface area contributed by atoms with Crippen LogP contribution in [0.5, 0.6) is 0 Å². The van der Waals surface area contributed by atoms with Crippen molar-refractivity contribution in [2.24, 2.45) is 11.8 Å². The summed E-state index contributed by atoms with van der Waals surface area (Å²) in [5, 5.41) is 30.5. The number of carbonyl (C=O) groups is 3. The van der Waals surface area contributed by atoms with Gasteiger partial charge in [-0.25, -0.2) is 9.13 Å². The third-order valence-corrected chi connectivity index (χ3v) is 11.3. The molecule has 1 unspecified atom stereocenters. The quantitative estimate of drug-likeness (QED) is 0.0146. The first kappa shape index (κ1) is 60.6. The highest BCUT2D eigenvalue weighted by molar-refractivity contribution is 7.47. The van der Waals surface area contributed by atoms with E-state index >= 15 is 0 Å². The van der Waals surface area contributed by atoms with E-state index in [9.17, 15) is 43.7 Å². The summed E-state index contributed by atoms with van der Waals surface area (Å²) in [5.41, 5.74) is 0. The van der Waals surface area contributed by atoms with E-state index in [1.807, 2.05) is 36.5 Å². The van der Waals surface area contributed by atoms with Crippen molar-refractivity contribution in [3.63, 3.8) is 0 Å². The number of Topliss-reactive ketones (excluding diaryl/α,β-unsaturated/α-hetero) is 1. The van der Waals surface area contributed by atoms with E-state index in [4.69, 9.17) is 23.8 Å². The predicted molar refractivity (Wildman–Crippen MR) is 254 cm³/mol. The van der Waals surface area contributed by atoms with Gasteiger partial charge in [-0.1, -0.05) is 130 Å². The van der Waals surface area contributed by atoms with E-state index in [1.165, 1.54) is 0 Å². The van der Waals surface area contributed by atoms with Crippen LogP contribution in [-0.2, 0) is 46.6 Å². The fraction of sp³-hybridized carbons (Fsp3) is 0.604. The highest BCUT2D eigenvalue weighted by atomic mass is 31.2. The number of hydrogen-bond acceptors (Lipinski definition) is 13. The molecule has 16 nitrogen and oxygen atoms in total. The van der Waals surface area contributed by atoms with Gasteiger partial charge in [0.05, 0.1) is 32.0 Å². The molecule has 0 saturated heterocycles. The van der Waals surface area contributed by atoms with Gasteiger partial charge in [-0.15, -0.1) is 0 Å². The third-order valence-electron chi connectivity index (χ3n) is 9.84. The van der Waals surface area contributed by atoms with Gasteiger partial charge in [-0.2, -0.15) is 0 Å². The molecule has 0 aromatic heterocycles. The summed E-state index contributed by atoms with van der Waals surface area (Å²) < 4.78 is 47.7. The zero-order valence-corrected chi connectivity index (χ0v) is 40.5. The Morgan fingerprint density at radius 2 is 1.24 bits per heavy atom. The molecule has 18 heteroatoms. The second-order valence-electron chi connectivity index (χ2n) is 15.7. The third kappa shape index (κ3) is 34.0. The van der Waals surface area contributed by atoms with Gasteiger partial charge >= 0.3 is 27.6 Å². The number of hydrogen-bond donors (Lipinski definition) is 6. The van der Waals surface area contributed by atoms with Gasteiger partial charge in [0.2, 0.25) is 0 Å². The van der Waals surface area contributed by atoms with Crippen molar-refractivity contribution in [3.8, 4) is 0 Å². The maximum Gasteiger partial charge on any atom is 0.472 e. The van der Waals surface area contributed by atoms with Gasteiger partial charge in [0.25, 0.3) is 0 Å². The van der Waals surface area contributed by atoms with Crippen LogP contribution in [-0.4, -0.2) is 98.6 Å². The zero-order chi connectivity index (χ0) is 48.9. The number of aliphatic hydroxyl groups excluding tert-OH is 3. The number of allylic oxidation sites excluding steroid dienone is 15. The standard InChI is InChI=1S/C48H76O16P2/c1-3-5-7-8-9-10-11-12-13-14-15-16-17-18-19-20-21-22-28-32-48(54)64-42(39-63-66(58,59)62-37-41(50)36-61-65(55,56)57)38-60-47(53)31-27-24-23-26-30-43-44(46(52)35-45(43)51)34-33-40(49)29-25-6-4-2/h5,7,9-10,12-13,15-16,18-19,21-23,26,33-34,40-45,49-51H,3-4,6,8,11,14,17,20,24-25,27-32,35-39H2,1-2H3,(H,58,59)(H2,55,56,57)/b7-5-,10-9-,13-12-,16-15-,19-18-,22-21-,26-23-,34-33+/t40-,41-,42+,43+,44+,45-/m0/s1. The average Bonchev–Trinajstić information content (AvgIpc) is 3.54. The molecule has 6 N–H and O–H groups in total. The van der Waals surface area contributed by atoms with Crippen molar-refractivity contribution in [2.45, 2.75) is 147 Å². The highest BCUT2D eigenvalue weighted by Gasteiger charge is 2.39. The summed E-state index contributed by atoms with van der Waals surface area (Å²) in [4.78, 5) is 65.5. The maximum atomic E-state index is 12.7. The molecule has 0 aromatic rings. The molecule has 0 radical (unpaired) electrons. The fourth-order valence-electron chi connectivity index (χ4n) is 6.29. The molecule has 1 saturated carbocycles. The second kappa shape index (κ2) is 37.6. The van der Waals surface area contributed by atoms with Crippen LogP contribution >= 0.6 is 15.6 Å². The van der Waals surface area contributed by atoms with Crippen molar-refractivity contribution in [2.75, 3.05) is 26.4 Å². The molecule has 7 atom stereocenters. The summed E-state index contributed by atoms with van der Waals surface area (Å²) in [6, 6.07) is 0. The first-order chi connectivity index (χ1) is 31.6. The van der Waals surface area contributed by atoms with Crippen molar-refractivity contribution in [1.29, 1.82) is 0 Å². The molecule has 0 aliphatic heterocycles. The van der Waals surface area contributed by atoms with Crippen molar-refractivity contribution >= 4 is 33.4 Å². The number of phosphoric acid groups is 2. The summed E-state index contributed by atoms with van der Waals surface area (Å²) in [6.07, 6.45) is 37.8. The number of rotatable bonds is 38. The molecule has 1 aliphatic rings. The molecule has 374 valence electrons. The molecule has 0 amide bonds. The van der Waals surface area contributed by atoms with Crippen LogP contribution in [0.3, 0.4) is 0 Å². The first-order valence-electron chi connectivity index (χ1n) is 23.0. The first-order valence-corrected chi connectivity index (χ1v) is 26.1. The van der Waals surface area contributed by atoms with E-state index in [-0.39, 0.29) is 31.0 Å². The van der Waals surface area contributed by atoms with Crippen molar-refractivity contribution in [1.82, 2.24) is 0 Å². The average molecular weight is 971 g/mol. The summed E-state index contributed by atoms with van der Waals surface area (Å²) >= 11 is 0. The lowest BCUT2D eigenvalue weighted by Gasteiger charge is -2.20. The van der Waals surface area contributed by atoms with Crippen LogP contribution in [0.2, 0.25) is 0 Å². The van der Waals surface area contributed by atoms with E-state index in [0.717, 1.165) is 51.4 Å². The number of esters is 2. The number of aliphatic hydroxyl groups is 3. The molecule has 0 spiro atoms. The van der Waals surface area contributed by atoms with Gasteiger partial charge < -0.3 is 39.5 Å². The van der Waals surface area contributed by atoms with E-state index in [2.05, 4.69) is 71.5 Å². The summed E-state index contributed by atoms with van der Waals surface area (Å²) in [5.74, 6) is -2.22. The van der Waals surface area contributed by atoms with E-state index < -0.39 is 84.3 Å². The van der Waals surface area contributed by atoms with Crippen molar-refractivity contribution < 1.29 is 76.6 Å². The van der Waals surface area contributed by atoms with Gasteiger partial charge in [-0.05, 0) is 70.6 Å². The lowest BCUT2D eigenvalue weighted by Crippen LogP contribution is -2.29. The minimum Gasteiger partial charge on any atom is -0.462 e. The van der Waals surface area contributed by atoms with Crippen molar-refractivity contribution in [3.05, 3.63) is 97.2 Å². The summed E-state index contributed by atoms with van der Waals surface area (Å²) in [7, 11) is -9.81. The molecular formula is C48H76O16P2. The van der Waals surface area contributed by atoms with Crippen LogP contribution in [0.15, 0.2) is 97.2 Å². The normalized spacial score (nSPS) is 19.8. The topological polar surface area (TPSA) is 253 Å². The number of ether oxygens (including phenoxy) is 2. The minimum absolute atomic E-state index is 0.0173. The molecule has 0 heterocycles. The Bertz CT molecular complexity index is 1690. The SMILES string of the molecule is CC/C=C\C/C=C\C/C=C\C/C=C\C/C=C\C/C=C\CCC(=O)O[C@H](COC(=O)CCC/C=C\C[C@H]1[C@@H](O)CC(=O)[C@@H]1/C=C/[C@@H](O)CCCCC)COP(=O)(O)OC[C@@H](O)COP(=O)(O)O.